The molecule has 0 spiro atoms. The van der Waals surface area contributed by atoms with E-state index in [1.165, 1.54) is 6.92 Å². The molecular weight excluding hydrogens is 350 g/mol. The van der Waals surface area contributed by atoms with Crippen molar-refractivity contribution in [3.8, 4) is 11.5 Å². The highest BCUT2D eigenvalue weighted by atomic mass is 19.3. The minimum Gasteiger partial charge on any atom is -0.490 e. The van der Waals surface area contributed by atoms with Gasteiger partial charge in [0.15, 0.2) is 0 Å². The summed E-state index contributed by atoms with van der Waals surface area (Å²) in [5, 5.41) is 0. The molecule has 2 aromatic carbocycles. The summed E-state index contributed by atoms with van der Waals surface area (Å²) in [7, 11) is 0. The smallest absolute Gasteiger partial charge is 0.244 e. The highest BCUT2D eigenvalue weighted by molar-refractivity contribution is 5.53. The zero-order valence-electron chi connectivity index (χ0n) is 16.2. The molecule has 0 saturated carbocycles. The van der Waals surface area contributed by atoms with Gasteiger partial charge in [-0.2, -0.15) is 0 Å². The molecule has 148 valence electrons. The first-order valence-corrected chi connectivity index (χ1v) is 9.02. The second-order valence-corrected chi connectivity index (χ2v) is 6.46. The molecule has 0 fully saturated rings. The Morgan fingerprint density at radius 2 is 1.15 bits per heavy atom. The number of alkyl halides is 2. The number of ether oxygens (including phenoxy) is 2. The zero-order chi connectivity index (χ0) is 20.2. The van der Waals surface area contributed by atoms with E-state index in [4.69, 9.17) is 9.47 Å². The minimum absolute atomic E-state index is 0.0693. The van der Waals surface area contributed by atoms with Crippen molar-refractivity contribution in [2.75, 3.05) is 0 Å². The Morgan fingerprint density at radius 3 is 1.52 bits per heavy atom. The third-order valence-corrected chi connectivity index (χ3v) is 4.22. The average molecular weight is 378 g/mol. The zero-order valence-corrected chi connectivity index (χ0v) is 16.2. The van der Waals surface area contributed by atoms with Gasteiger partial charge in [0, 0.05) is 5.92 Å². The van der Waals surface area contributed by atoms with Crippen molar-refractivity contribution in [3.05, 3.63) is 60.7 Å². The van der Waals surface area contributed by atoms with E-state index < -0.39 is 18.4 Å². The normalized spacial score (nSPS) is 14.9. The Bertz CT molecular complexity index is 635. The molecular formula is C22H28F2O3. The monoisotopic (exact) mass is 378 g/mol. The van der Waals surface area contributed by atoms with Gasteiger partial charge in [0.05, 0.1) is 5.92 Å². The standard InChI is InChI=1S/C11H14F2O.C11H14O2/c1-8(11(12)13)9(2)14-10-6-4-3-5-7-10;1-9(8-12)10(2)13-11-6-4-3-5-7-11/h3-9,11H,1-2H3;3-10H,1-2H3/t8-,9-;9-,10+/m01/s1. The number of rotatable bonds is 8. The van der Waals surface area contributed by atoms with Crippen molar-refractivity contribution in [1.82, 2.24) is 0 Å². The molecule has 0 aliphatic rings. The summed E-state index contributed by atoms with van der Waals surface area (Å²) < 4.78 is 35.5. The van der Waals surface area contributed by atoms with E-state index in [1.54, 1.807) is 19.1 Å². The van der Waals surface area contributed by atoms with Gasteiger partial charge in [0.2, 0.25) is 6.43 Å². The third kappa shape index (κ3) is 8.67. The molecule has 0 aromatic heterocycles. The molecule has 5 heteroatoms. The van der Waals surface area contributed by atoms with Gasteiger partial charge in [0.25, 0.3) is 0 Å². The van der Waals surface area contributed by atoms with Gasteiger partial charge in [-0.1, -0.05) is 50.2 Å². The number of para-hydroxylation sites is 2. The SMILES string of the molecule is C[C@H](C=O)[C@H](C)Oc1ccccc1.C[C@H](Oc1ccccc1)[C@H](C)C(F)F. The average Bonchev–Trinajstić information content (AvgIpc) is 2.68. The summed E-state index contributed by atoms with van der Waals surface area (Å²) >= 11 is 0. The first kappa shape index (κ1) is 22.6. The Labute approximate surface area is 160 Å². The van der Waals surface area contributed by atoms with Crippen LogP contribution in [-0.2, 0) is 4.79 Å². The van der Waals surface area contributed by atoms with Crippen molar-refractivity contribution >= 4 is 6.29 Å². The number of carbonyl (C=O) groups excluding carboxylic acids is 1. The lowest BCUT2D eigenvalue weighted by atomic mass is 10.1. The van der Waals surface area contributed by atoms with E-state index in [9.17, 15) is 13.6 Å². The molecule has 4 atom stereocenters. The largest absolute Gasteiger partial charge is 0.490 e. The van der Waals surface area contributed by atoms with Gasteiger partial charge in [-0.3, -0.25) is 0 Å². The number of aldehydes is 1. The Balaban J connectivity index is 0.000000271. The van der Waals surface area contributed by atoms with Crippen LogP contribution in [0.3, 0.4) is 0 Å². The summed E-state index contributed by atoms with van der Waals surface area (Å²) in [6.45, 7) is 6.88. The summed E-state index contributed by atoms with van der Waals surface area (Å²) in [6.07, 6.45) is -1.97. The second kappa shape index (κ2) is 12.0. The van der Waals surface area contributed by atoms with E-state index >= 15 is 0 Å². The fourth-order valence-corrected chi connectivity index (χ4v) is 1.96. The third-order valence-electron chi connectivity index (χ3n) is 4.22. The predicted octanol–water partition coefficient (Wildman–Crippen LogP) is 5.64. The van der Waals surface area contributed by atoms with Crippen LogP contribution < -0.4 is 9.47 Å². The number of hydrogen-bond acceptors (Lipinski definition) is 3. The van der Waals surface area contributed by atoms with Crippen molar-refractivity contribution < 1.29 is 23.0 Å². The van der Waals surface area contributed by atoms with Gasteiger partial charge in [0.1, 0.15) is 30.0 Å². The molecule has 0 unspecified atom stereocenters. The summed E-state index contributed by atoms with van der Waals surface area (Å²) in [4.78, 5) is 10.5. The molecule has 0 N–H and O–H groups in total. The van der Waals surface area contributed by atoms with Crippen LogP contribution >= 0.6 is 0 Å². The van der Waals surface area contributed by atoms with E-state index in [0.29, 0.717) is 5.75 Å². The predicted molar refractivity (Wildman–Crippen MR) is 103 cm³/mol. The molecule has 0 aliphatic carbocycles. The van der Waals surface area contributed by atoms with Gasteiger partial charge >= 0.3 is 0 Å². The van der Waals surface area contributed by atoms with Crippen LogP contribution in [0.5, 0.6) is 11.5 Å². The maximum absolute atomic E-state index is 12.3. The number of benzene rings is 2. The highest BCUT2D eigenvalue weighted by Crippen LogP contribution is 2.19. The van der Waals surface area contributed by atoms with E-state index in [-0.39, 0.29) is 12.0 Å². The van der Waals surface area contributed by atoms with Crippen molar-refractivity contribution in [1.29, 1.82) is 0 Å². The maximum Gasteiger partial charge on any atom is 0.244 e. The van der Waals surface area contributed by atoms with Crippen LogP contribution in [0.4, 0.5) is 8.78 Å². The highest BCUT2D eigenvalue weighted by Gasteiger charge is 2.23. The second-order valence-electron chi connectivity index (χ2n) is 6.46. The molecule has 0 saturated heterocycles. The lowest BCUT2D eigenvalue weighted by Gasteiger charge is -2.20. The molecule has 0 aliphatic heterocycles. The molecule has 27 heavy (non-hydrogen) atoms. The van der Waals surface area contributed by atoms with Crippen molar-refractivity contribution in [2.24, 2.45) is 11.8 Å². The van der Waals surface area contributed by atoms with Crippen LogP contribution in [0, 0.1) is 11.8 Å². The van der Waals surface area contributed by atoms with Gasteiger partial charge in [-0.25, -0.2) is 8.78 Å². The fraction of sp³-hybridized carbons (Fsp3) is 0.409. The summed E-state index contributed by atoms with van der Waals surface area (Å²) in [6, 6.07) is 18.5. The molecule has 3 nitrogen and oxygen atoms in total. The Hall–Kier alpha value is -2.43. The summed E-state index contributed by atoms with van der Waals surface area (Å²) in [5.41, 5.74) is 0. The van der Waals surface area contributed by atoms with Gasteiger partial charge in [-0.15, -0.1) is 0 Å². The van der Waals surface area contributed by atoms with Gasteiger partial charge < -0.3 is 14.3 Å². The first-order valence-electron chi connectivity index (χ1n) is 9.02. The molecule has 2 rings (SSSR count). The van der Waals surface area contributed by atoms with Crippen LogP contribution in [-0.4, -0.2) is 24.9 Å². The van der Waals surface area contributed by atoms with Crippen LogP contribution in [0.15, 0.2) is 60.7 Å². The topological polar surface area (TPSA) is 35.5 Å². The number of carbonyl (C=O) groups is 1. The molecule has 0 amide bonds. The molecule has 0 bridgehead atoms. The van der Waals surface area contributed by atoms with E-state index in [0.717, 1.165) is 12.0 Å². The lowest BCUT2D eigenvalue weighted by Crippen LogP contribution is -2.26. The minimum atomic E-state index is -2.34. The summed E-state index contributed by atoms with van der Waals surface area (Å²) in [5.74, 6) is 0.617. The van der Waals surface area contributed by atoms with E-state index in [1.807, 2.05) is 62.4 Å². The lowest BCUT2D eigenvalue weighted by molar-refractivity contribution is -0.112. The quantitative estimate of drug-likeness (QED) is 0.557. The first-order chi connectivity index (χ1) is 12.8. The number of halogens is 2. The van der Waals surface area contributed by atoms with Crippen LogP contribution in [0.1, 0.15) is 27.7 Å². The molecule has 0 radical (unpaired) electrons. The van der Waals surface area contributed by atoms with Crippen molar-refractivity contribution in [2.45, 2.75) is 46.3 Å². The molecule has 0 heterocycles. The Morgan fingerprint density at radius 1 is 0.741 bits per heavy atom. The maximum atomic E-state index is 12.3. The Kier molecular flexibility index (Phi) is 10.1. The van der Waals surface area contributed by atoms with Gasteiger partial charge in [-0.05, 0) is 38.1 Å². The molecule has 2 aromatic rings. The van der Waals surface area contributed by atoms with Crippen LogP contribution in [0.2, 0.25) is 0 Å². The fourth-order valence-electron chi connectivity index (χ4n) is 1.96. The van der Waals surface area contributed by atoms with Crippen molar-refractivity contribution in [3.63, 3.8) is 0 Å². The van der Waals surface area contributed by atoms with E-state index in [2.05, 4.69) is 0 Å². The number of hydrogen-bond donors (Lipinski definition) is 0. The van der Waals surface area contributed by atoms with Crippen LogP contribution in [0.25, 0.3) is 0 Å².